The van der Waals surface area contributed by atoms with Crippen LogP contribution < -0.4 is 5.32 Å². The number of hydrogen-bond donors (Lipinski definition) is 1. The van der Waals surface area contributed by atoms with Gasteiger partial charge in [0.25, 0.3) is 0 Å². The lowest BCUT2D eigenvalue weighted by Gasteiger charge is -2.26. The Morgan fingerprint density at radius 2 is 1.72 bits per heavy atom. The lowest BCUT2D eigenvalue weighted by atomic mass is 9.93. The Kier molecular flexibility index (Phi) is 7.41. The smallest absolute Gasteiger partial charge is 0.243 e. The molecule has 1 aliphatic heterocycles. The van der Waals surface area contributed by atoms with Crippen molar-refractivity contribution in [3.63, 3.8) is 0 Å². The average molecular weight is 417 g/mol. The SMILES string of the molecule is CCCC(C(=O)NCc1ccc(S(=O)(=O)N2CCOCC2)cc1)c1ccccc1. The molecule has 7 heteroatoms. The van der Waals surface area contributed by atoms with Gasteiger partial charge in [-0.05, 0) is 29.7 Å². The van der Waals surface area contributed by atoms with E-state index in [4.69, 9.17) is 4.74 Å². The Bertz CT molecular complexity index is 892. The Morgan fingerprint density at radius 1 is 1.07 bits per heavy atom. The maximum atomic E-state index is 12.7. The maximum absolute atomic E-state index is 12.7. The summed E-state index contributed by atoms with van der Waals surface area (Å²) < 4.78 is 32.0. The van der Waals surface area contributed by atoms with Crippen molar-refractivity contribution in [2.24, 2.45) is 0 Å². The highest BCUT2D eigenvalue weighted by molar-refractivity contribution is 7.89. The van der Waals surface area contributed by atoms with Crippen LogP contribution in [-0.4, -0.2) is 44.9 Å². The number of ether oxygens (including phenoxy) is 1. The monoisotopic (exact) mass is 416 g/mol. The topological polar surface area (TPSA) is 75.7 Å². The van der Waals surface area contributed by atoms with Gasteiger partial charge in [-0.25, -0.2) is 8.42 Å². The van der Waals surface area contributed by atoms with E-state index in [0.29, 0.717) is 32.8 Å². The van der Waals surface area contributed by atoms with Crippen molar-refractivity contribution in [1.29, 1.82) is 0 Å². The Hall–Kier alpha value is -2.22. The standard InChI is InChI=1S/C22H28N2O4S/c1-2-6-21(19-7-4-3-5-8-19)22(25)23-17-18-9-11-20(12-10-18)29(26,27)24-13-15-28-16-14-24/h3-5,7-12,21H,2,6,13-17H2,1H3,(H,23,25). The van der Waals surface area contributed by atoms with Crippen LogP contribution >= 0.6 is 0 Å². The summed E-state index contributed by atoms with van der Waals surface area (Å²) in [6.07, 6.45) is 1.70. The van der Waals surface area contributed by atoms with E-state index in [-0.39, 0.29) is 16.7 Å². The fraction of sp³-hybridized carbons (Fsp3) is 0.409. The zero-order valence-electron chi connectivity index (χ0n) is 16.7. The summed E-state index contributed by atoms with van der Waals surface area (Å²) >= 11 is 0. The van der Waals surface area contributed by atoms with Gasteiger partial charge in [-0.15, -0.1) is 0 Å². The molecule has 1 aliphatic rings. The molecule has 1 atom stereocenters. The predicted molar refractivity (Wildman–Crippen MR) is 112 cm³/mol. The van der Waals surface area contributed by atoms with Gasteiger partial charge in [-0.2, -0.15) is 4.31 Å². The van der Waals surface area contributed by atoms with Crippen molar-refractivity contribution in [2.45, 2.75) is 37.1 Å². The molecule has 1 N–H and O–H groups in total. The quantitative estimate of drug-likeness (QED) is 0.718. The first-order valence-corrected chi connectivity index (χ1v) is 11.5. The van der Waals surface area contributed by atoms with Gasteiger partial charge in [0.05, 0.1) is 24.0 Å². The molecule has 1 amide bonds. The van der Waals surface area contributed by atoms with E-state index in [1.165, 1.54) is 4.31 Å². The molecule has 0 saturated carbocycles. The van der Waals surface area contributed by atoms with Crippen molar-refractivity contribution in [3.05, 3.63) is 65.7 Å². The third-order valence-corrected chi connectivity index (χ3v) is 7.01. The molecule has 1 saturated heterocycles. The van der Waals surface area contributed by atoms with Crippen LogP contribution in [0.5, 0.6) is 0 Å². The van der Waals surface area contributed by atoms with Gasteiger partial charge in [0.15, 0.2) is 0 Å². The number of nitrogens with zero attached hydrogens (tertiary/aromatic N) is 1. The van der Waals surface area contributed by atoms with Gasteiger partial charge in [-0.1, -0.05) is 55.8 Å². The van der Waals surface area contributed by atoms with Crippen molar-refractivity contribution in [1.82, 2.24) is 9.62 Å². The van der Waals surface area contributed by atoms with Crippen LogP contribution in [0.25, 0.3) is 0 Å². The van der Waals surface area contributed by atoms with Gasteiger partial charge >= 0.3 is 0 Å². The van der Waals surface area contributed by atoms with Gasteiger partial charge in [0, 0.05) is 19.6 Å². The van der Waals surface area contributed by atoms with Crippen LogP contribution in [0.2, 0.25) is 0 Å². The number of rotatable bonds is 8. The van der Waals surface area contributed by atoms with Gasteiger partial charge in [-0.3, -0.25) is 4.79 Å². The first-order valence-electron chi connectivity index (χ1n) is 10.0. The molecule has 3 rings (SSSR count). The Labute approximate surface area is 172 Å². The summed E-state index contributed by atoms with van der Waals surface area (Å²) in [7, 11) is -3.50. The average Bonchev–Trinajstić information content (AvgIpc) is 2.77. The van der Waals surface area contributed by atoms with Crippen LogP contribution in [0.15, 0.2) is 59.5 Å². The molecule has 2 aromatic rings. The molecular weight excluding hydrogens is 388 g/mol. The molecule has 6 nitrogen and oxygen atoms in total. The first kappa shape index (κ1) is 21.5. The number of hydrogen-bond acceptors (Lipinski definition) is 4. The number of morpholine rings is 1. The van der Waals surface area contributed by atoms with E-state index in [9.17, 15) is 13.2 Å². The molecule has 0 radical (unpaired) electrons. The fourth-order valence-electron chi connectivity index (χ4n) is 3.45. The summed E-state index contributed by atoms with van der Waals surface area (Å²) in [6.45, 7) is 4.02. The second kappa shape index (κ2) is 10.0. The summed E-state index contributed by atoms with van der Waals surface area (Å²) in [4.78, 5) is 13.0. The number of carbonyl (C=O) groups is 1. The predicted octanol–water partition coefficient (Wildman–Crippen LogP) is 2.91. The fourth-order valence-corrected chi connectivity index (χ4v) is 4.86. The minimum Gasteiger partial charge on any atom is -0.379 e. The highest BCUT2D eigenvalue weighted by Crippen LogP contribution is 2.22. The number of sulfonamides is 1. The van der Waals surface area contributed by atoms with Crippen molar-refractivity contribution < 1.29 is 17.9 Å². The van der Waals surface area contributed by atoms with E-state index >= 15 is 0 Å². The zero-order valence-corrected chi connectivity index (χ0v) is 17.5. The molecule has 0 aliphatic carbocycles. The molecule has 1 unspecified atom stereocenters. The van der Waals surface area contributed by atoms with E-state index in [1.54, 1.807) is 24.3 Å². The van der Waals surface area contributed by atoms with E-state index < -0.39 is 10.0 Å². The largest absolute Gasteiger partial charge is 0.379 e. The number of benzene rings is 2. The second-order valence-corrected chi connectivity index (χ2v) is 9.07. The molecule has 2 aromatic carbocycles. The summed E-state index contributed by atoms with van der Waals surface area (Å²) in [5, 5.41) is 2.99. The second-order valence-electron chi connectivity index (χ2n) is 7.13. The summed E-state index contributed by atoms with van der Waals surface area (Å²) in [6, 6.07) is 16.5. The number of carbonyl (C=O) groups excluding carboxylic acids is 1. The normalized spacial score (nSPS) is 16.3. The van der Waals surface area contributed by atoms with Crippen molar-refractivity contribution in [3.8, 4) is 0 Å². The summed E-state index contributed by atoms with van der Waals surface area (Å²) in [5.41, 5.74) is 1.88. The molecule has 0 bridgehead atoms. The molecular formula is C22H28N2O4S. The van der Waals surface area contributed by atoms with Gasteiger partial charge in [0.2, 0.25) is 15.9 Å². The van der Waals surface area contributed by atoms with Crippen LogP contribution in [0, 0.1) is 0 Å². The number of amides is 1. The Balaban J connectivity index is 1.63. The van der Waals surface area contributed by atoms with E-state index in [1.807, 2.05) is 30.3 Å². The Morgan fingerprint density at radius 3 is 2.34 bits per heavy atom. The van der Waals surface area contributed by atoms with Crippen LogP contribution in [0.1, 0.15) is 36.8 Å². The van der Waals surface area contributed by atoms with Gasteiger partial charge in [0.1, 0.15) is 0 Å². The maximum Gasteiger partial charge on any atom is 0.243 e. The lowest BCUT2D eigenvalue weighted by Crippen LogP contribution is -2.40. The third-order valence-electron chi connectivity index (χ3n) is 5.09. The first-order chi connectivity index (χ1) is 14.0. The van der Waals surface area contributed by atoms with E-state index in [0.717, 1.165) is 24.0 Å². The van der Waals surface area contributed by atoms with Crippen molar-refractivity contribution in [2.75, 3.05) is 26.3 Å². The highest BCUT2D eigenvalue weighted by Gasteiger charge is 2.26. The molecule has 1 fully saturated rings. The number of nitrogens with one attached hydrogen (secondary N) is 1. The van der Waals surface area contributed by atoms with Crippen LogP contribution in [0.4, 0.5) is 0 Å². The molecule has 0 spiro atoms. The van der Waals surface area contributed by atoms with Crippen molar-refractivity contribution >= 4 is 15.9 Å². The van der Waals surface area contributed by atoms with E-state index in [2.05, 4.69) is 12.2 Å². The van der Waals surface area contributed by atoms with Crippen LogP contribution in [-0.2, 0) is 26.1 Å². The zero-order chi connectivity index (χ0) is 20.7. The summed E-state index contributed by atoms with van der Waals surface area (Å²) in [5.74, 6) is -0.190. The lowest BCUT2D eigenvalue weighted by molar-refractivity contribution is -0.122. The minimum atomic E-state index is -3.50. The molecule has 0 aromatic heterocycles. The minimum absolute atomic E-state index is 0.0111. The third kappa shape index (κ3) is 5.44. The highest BCUT2D eigenvalue weighted by atomic mass is 32.2. The molecule has 1 heterocycles. The van der Waals surface area contributed by atoms with Gasteiger partial charge < -0.3 is 10.1 Å². The van der Waals surface area contributed by atoms with Crippen LogP contribution in [0.3, 0.4) is 0 Å². The molecule has 156 valence electrons. The molecule has 29 heavy (non-hydrogen) atoms.